The van der Waals surface area contributed by atoms with Gasteiger partial charge in [-0.3, -0.25) is 0 Å². The van der Waals surface area contributed by atoms with E-state index in [9.17, 15) is 0 Å². The minimum Gasteiger partial charge on any atom is -0.368 e. The number of aryl methyl sites for hydroxylation is 1. The molecule has 78 valence electrons. The van der Waals surface area contributed by atoms with Gasteiger partial charge in [0.25, 0.3) is 0 Å². The Labute approximate surface area is 90.7 Å². The lowest BCUT2D eigenvalue weighted by Gasteiger charge is -2.13. The predicted molar refractivity (Wildman–Crippen MR) is 62.0 cm³/mol. The highest BCUT2D eigenvalue weighted by atomic mass is 35.5. The van der Waals surface area contributed by atoms with E-state index < -0.39 is 0 Å². The third-order valence-electron chi connectivity index (χ3n) is 2.08. The summed E-state index contributed by atoms with van der Waals surface area (Å²) in [5.41, 5.74) is 1.23. The molecule has 1 aromatic heterocycles. The first-order valence-corrected chi connectivity index (χ1v) is 5.51. The van der Waals surface area contributed by atoms with E-state index in [4.69, 9.17) is 11.6 Å². The first kappa shape index (κ1) is 11.3. The van der Waals surface area contributed by atoms with Gasteiger partial charge in [-0.25, -0.2) is 4.98 Å². The van der Waals surface area contributed by atoms with Crippen LogP contribution in [0.5, 0.6) is 0 Å². The van der Waals surface area contributed by atoms with Crippen molar-refractivity contribution < 1.29 is 0 Å². The summed E-state index contributed by atoms with van der Waals surface area (Å²) < 4.78 is 0. The van der Waals surface area contributed by atoms with E-state index in [1.54, 1.807) is 0 Å². The van der Waals surface area contributed by atoms with Crippen molar-refractivity contribution in [2.45, 2.75) is 32.7 Å². The lowest BCUT2D eigenvalue weighted by molar-refractivity contribution is 0.690. The largest absolute Gasteiger partial charge is 0.368 e. The zero-order chi connectivity index (χ0) is 10.4. The lowest BCUT2D eigenvalue weighted by Crippen LogP contribution is -2.15. The van der Waals surface area contributed by atoms with Crippen molar-refractivity contribution in [2.75, 3.05) is 11.2 Å². The van der Waals surface area contributed by atoms with Gasteiger partial charge in [0.2, 0.25) is 0 Å². The van der Waals surface area contributed by atoms with Gasteiger partial charge >= 0.3 is 0 Å². The van der Waals surface area contributed by atoms with Crippen LogP contribution in [0.1, 0.15) is 25.3 Å². The molecule has 0 radical (unpaired) electrons. The van der Waals surface area contributed by atoms with Crippen LogP contribution in [-0.2, 0) is 0 Å². The van der Waals surface area contributed by atoms with E-state index in [1.807, 2.05) is 12.3 Å². The van der Waals surface area contributed by atoms with Gasteiger partial charge in [0.05, 0.1) is 0 Å². The summed E-state index contributed by atoms with van der Waals surface area (Å²) in [6, 6.07) is 4.48. The summed E-state index contributed by atoms with van der Waals surface area (Å²) in [5, 5.41) is 3.35. The third kappa shape index (κ3) is 3.97. The molecule has 0 saturated heterocycles. The van der Waals surface area contributed by atoms with Crippen LogP contribution in [0.25, 0.3) is 0 Å². The molecule has 1 rings (SSSR count). The maximum atomic E-state index is 5.63. The highest BCUT2D eigenvalue weighted by Crippen LogP contribution is 2.09. The Bertz CT molecular complexity index is 276. The van der Waals surface area contributed by atoms with Gasteiger partial charge < -0.3 is 5.32 Å². The first-order valence-electron chi connectivity index (χ1n) is 4.97. The molecule has 1 aromatic rings. The number of aromatic nitrogens is 1. The van der Waals surface area contributed by atoms with Crippen molar-refractivity contribution in [1.82, 2.24) is 4.98 Å². The molecule has 1 atom stereocenters. The highest BCUT2D eigenvalue weighted by Gasteiger charge is 2.01. The van der Waals surface area contributed by atoms with Crippen LogP contribution in [0.3, 0.4) is 0 Å². The van der Waals surface area contributed by atoms with Crippen LogP contribution < -0.4 is 5.32 Å². The fraction of sp³-hybridized carbons (Fsp3) is 0.545. The smallest absolute Gasteiger partial charge is 0.126 e. The Morgan fingerprint density at radius 2 is 2.36 bits per heavy atom. The Morgan fingerprint density at radius 1 is 1.57 bits per heavy atom. The third-order valence-corrected chi connectivity index (χ3v) is 2.35. The van der Waals surface area contributed by atoms with E-state index in [0.717, 1.165) is 24.5 Å². The fourth-order valence-corrected chi connectivity index (χ4v) is 1.48. The predicted octanol–water partition coefficient (Wildman–Crippen LogP) is 3.21. The molecular formula is C11H17ClN2. The summed E-state index contributed by atoms with van der Waals surface area (Å²) in [4.78, 5) is 4.24. The number of nitrogens with zero attached hydrogens (tertiary/aromatic N) is 1. The average molecular weight is 213 g/mol. The molecule has 3 heteroatoms. The maximum absolute atomic E-state index is 5.63. The number of hydrogen-bond donors (Lipinski definition) is 1. The summed E-state index contributed by atoms with van der Waals surface area (Å²) in [6.07, 6.45) is 3.95. The van der Waals surface area contributed by atoms with Crippen molar-refractivity contribution in [3.05, 3.63) is 23.9 Å². The van der Waals surface area contributed by atoms with Crippen molar-refractivity contribution >= 4 is 17.4 Å². The summed E-state index contributed by atoms with van der Waals surface area (Å²) >= 11 is 5.63. The second-order valence-corrected chi connectivity index (χ2v) is 3.97. The summed E-state index contributed by atoms with van der Waals surface area (Å²) in [7, 11) is 0. The number of halogens is 1. The molecule has 2 nitrogen and oxygen atoms in total. The second kappa shape index (κ2) is 5.86. The normalized spacial score (nSPS) is 12.5. The van der Waals surface area contributed by atoms with Crippen LogP contribution in [0.4, 0.5) is 5.82 Å². The number of rotatable bonds is 5. The van der Waals surface area contributed by atoms with Gasteiger partial charge in [0, 0.05) is 18.1 Å². The fourth-order valence-electron chi connectivity index (χ4n) is 1.32. The molecule has 0 aliphatic rings. The molecule has 1 heterocycles. The standard InChI is InChI=1S/C11H17ClN2/c1-9-5-7-13-11(8-9)14-10(2)4-3-6-12/h5,7-8,10H,3-4,6H2,1-2H3,(H,13,14). The van der Waals surface area contributed by atoms with Crippen molar-refractivity contribution in [1.29, 1.82) is 0 Å². The zero-order valence-corrected chi connectivity index (χ0v) is 9.51. The SMILES string of the molecule is Cc1ccnc(NC(C)CCCCl)c1. The summed E-state index contributed by atoms with van der Waals surface area (Å²) in [5.74, 6) is 1.68. The molecule has 14 heavy (non-hydrogen) atoms. The number of anilines is 1. The topological polar surface area (TPSA) is 24.9 Å². The Morgan fingerprint density at radius 3 is 3.00 bits per heavy atom. The van der Waals surface area contributed by atoms with Crippen molar-refractivity contribution in [3.63, 3.8) is 0 Å². The van der Waals surface area contributed by atoms with Crippen LogP contribution in [0.15, 0.2) is 18.3 Å². The Balaban J connectivity index is 2.43. The molecule has 0 amide bonds. The Kier molecular flexibility index (Phi) is 4.74. The van der Waals surface area contributed by atoms with Crippen LogP contribution in [0, 0.1) is 6.92 Å². The van der Waals surface area contributed by atoms with E-state index in [-0.39, 0.29) is 0 Å². The zero-order valence-electron chi connectivity index (χ0n) is 8.76. The van der Waals surface area contributed by atoms with E-state index in [2.05, 4.69) is 30.2 Å². The lowest BCUT2D eigenvalue weighted by atomic mass is 10.2. The average Bonchev–Trinajstić information content (AvgIpc) is 2.15. The van der Waals surface area contributed by atoms with Crippen LogP contribution in [-0.4, -0.2) is 16.9 Å². The number of hydrogen-bond acceptors (Lipinski definition) is 2. The molecule has 0 aromatic carbocycles. The second-order valence-electron chi connectivity index (χ2n) is 3.60. The monoisotopic (exact) mass is 212 g/mol. The molecular weight excluding hydrogens is 196 g/mol. The van der Waals surface area contributed by atoms with Gasteiger partial charge in [-0.2, -0.15) is 0 Å². The number of pyridine rings is 1. The van der Waals surface area contributed by atoms with E-state index >= 15 is 0 Å². The minimum absolute atomic E-state index is 0.433. The summed E-state index contributed by atoms with van der Waals surface area (Å²) in [6.45, 7) is 4.22. The molecule has 1 N–H and O–H groups in total. The van der Waals surface area contributed by atoms with Gasteiger partial charge in [-0.1, -0.05) is 0 Å². The van der Waals surface area contributed by atoms with Crippen molar-refractivity contribution in [2.24, 2.45) is 0 Å². The van der Waals surface area contributed by atoms with Gasteiger partial charge in [0.15, 0.2) is 0 Å². The molecule has 0 bridgehead atoms. The Hall–Kier alpha value is -0.760. The van der Waals surface area contributed by atoms with E-state index in [0.29, 0.717) is 6.04 Å². The number of alkyl halides is 1. The van der Waals surface area contributed by atoms with Gasteiger partial charge in [-0.05, 0) is 44.4 Å². The molecule has 0 fully saturated rings. The quantitative estimate of drug-likeness (QED) is 0.759. The van der Waals surface area contributed by atoms with Gasteiger partial charge in [-0.15, -0.1) is 11.6 Å². The van der Waals surface area contributed by atoms with Crippen LogP contribution in [0.2, 0.25) is 0 Å². The first-order chi connectivity index (χ1) is 6.72. The minimum atomic E-state index is 0.433. The van der Waals surface area contributed by atoms with E-state index in [1.165, 1.54) is 5.56 Å². The molecule has 1 unspecified atom stereocenters. The molecule has 0 spiro atoms. The van der Waals surface area contributed by atoms with Crippen LogP contribution >= 0.6 is 11.6 Å². The van der Waals surface area contributed by atoms with Gasteiger partial charge in [0.1, 0.15) is 5.82 Å². The number of nitrogens with one attached hydrogen (secondary N) is 1. The molecule has 0 saturated carbocycles. The van der Waals surface area contributed by atoms with Crippen molar-refractivity contribution in [3.8, 4) is 0 Å². The molecule has 0 aliphatic heterocycles. The highest BCUT2D eigenvalue weighted by molar-refractivity contribution is 6.17. The maximum Gasteiger partial charge on any atom is 0.126 e. The molecule has 0 aliphatic carbocycles.